The second kappa shape index (κ2) is 5.24. The van der Waals surface area contributed by atoms with Gasteiger partial charge in [-0.05, 0) is 56.2 Å². The molecular weight excluding hydrogens is 303 g/mol. The van der Waals surface area contributed by atoms with Crippen molar-refractivity contribution in [2.45, 2.75) is 38.5 Å². The lowest BCUT2D eigenvalue weighted by molar-refractivity contribution is 0.400. The summed E-state index contributed by atoms with van der Waals surface area (Å²) in [5.41, 5.74) is 1.78. The third-order valence-electron chi connectivity index (χ3n) is 4.44. The smallest absolute Gasteiger partial charge is 0.130 e. The van der Waals surface area contributed by atoms with E-state index in [4.69, 9.17) is 0 Å². The molecule has 2 aliphatic rings. The van der Waals surface area contributed by atoms with E-state index in [1.807, 2.05) is 24.3 Å². The zero-order valence-electron chi connectivity index (χ0n) is 11.0. The lowest BCUT2D eigenvalue weighted by atomic mass is 9.74. The van der Waals surface area contributed by atoms with Crippen molar-refractivity contribution in [2.75, 3.05) is 0 Å². The summed E-state index contributed by atoms with van der Waals surface area (Å²) in [5.74, 6) is 0.0107. The van der Waals surface area contributed by atoms with E-state index >= 15 is 0 Å². The lowest BCUT2D eigenvalue weighted by Crippen LogP contribution is -2.18. The van der Waals surface area contributed by atoms with Crippen LogP contribution in [0.1, 0.15) is 44.1 Å². The first-order chi connectivity index (χ1) is 9.21. The molecule has 0 amide bonds. The summed E-state index contributed by atoms with van der Waals surface area (Å²) in [6, 6.07) is 7.55. The Hall–Kier alpha value is -0.890. The minimum Gasteiger partial charge on any atom is -0.206 e. The molecule has 0 heterocycles. The maximum absolute atomic E-state index is 14.8. The molecule has 100 valence electrons. The predicted molar refractivity (Wildman–Crippen MR) is 81.4 cm³/mol. The third-order valence-corrected chi connectivity index (χ3v) is 4.97. The fourth-order valence-corrected chi connectivity index (χ4v) is 3.73. The third kappa shape index (κ3) is 2.43. The highest BCUT2D eigenvalue weighted by Crippen LogP contribution is 2.52. The summed E-state index contributed by atoms with van der Waals surface area (Å²) >= 11 is 3.40. The number of hydrogen-bond donors (Lipinski definition) is 0. The molecule has 0 radical (unpaired) electrons. The summed E-state index contributed by atoms with van der Waals surface area (Å²) in [4.78, 5) is 0. The van der Waals surface area contributed by atoms with Crippen LogP contribution in [0, 0.1) is 5.41 Å². The largest absolute Gasteiger partial charge is 0.206 e. The fraction of sp³-hybridized carbons (Fsp3) is 0.412. The SMILES string of the molecule is F/C(=C1/CCCC12C=CCCC2)c1ccc(Br)cc1. The molecule has 3 rings (SSSR count). The zero-order valence-corrected chi connectivity index (χ0v) is 12.5. The molecule has 1 atom stereocenters. The van der Waals surface area contributed by atoms with E-state index in [-0.39, 0.29) is 11.2 Å². The molecule has 19 heavy (non-hydrogen) atoms. The van der Waals surface area contributed by atoms with Gasteiger partial charge in [-0.3, -0.25) is 0 Å². The Morgan fingerprint density at radius 3 is 2.53 bits per heavy atom. The van der Waals surface area contributed by atoms with Gasteiger partial charge in [0.1, 0.15) is 5.83 Å². The topological polar surface area (TPSA) is 0 Å². The van der Waals surface area contributed by atoms with Crippen LogP contribution in [0.3, 0.4) is 0 Å². The van der Waals surface area contributed by atoms with Gasteiger partial charge in [0.15, 0.2) is 0 Å². The van der Waals surface area contributed by atoms with Gasteiger partial charge in [0.2, 0.25) is 0 Å². The van der Waals surface area contributed by atoms with Crippen LogP contribution in [0.25, 0.3) is 5.83 Å². The molecule has 1 aromatic carbocycles. The Morgan fingerprint density at radius 2 is 1.84 bits per heavy atom. The van der Waals surface area contributed by atoms with Crippen LogP contribution >= 0.6 is 15.9 Å². The molecule has 0 bridgehead atoms. The molecule has 0 N–H and O–H groups in total. The van der Waals surface area contributed by atoms with Crippen LogP contribution in [0.5, 0.6) is 0 Å². The molecule has 0 aromatic heterocycles. The molecule has 1 unspecified atom stereocenters. The summed E-state index contributed by atoms with van der Waals surface area (Å²) in [5, 5.41) is 0. The van der Waals surface area contributed by atoms with E-state index in [0.29, 0.717) is 0 Å². The first-order valence-corrected chi connectivity index (χ1v) is 7.83. The van der Waals surface area contributed by atoms with Crippen LogP contribution in [-0.4, -0.2) is 0 Å². The Balaban J connectivity index is 2.02. The van der Waals surface area contributed by atoms with Crippen molar-refractivity contribution < 1.29 is 4.39 Å². The van der Waals surface area contributed by atoms with Gasteiger partial charge in [0.05, 0.1) is 0 Å². The molecule has 2 aliphatic carbocycles. The van der Waals surface area contributed by atoms with E-state index < -0.39 is 0 Å². The Labute approximate surface area is 122 Å². The van der Waals surface area contributed by atoms with Crippen LogP contribution < -0.4 is 0 Å². The standard InChI is InChI=1S/C17H18BrF/c18-14-8-6-13(7-9-14)16(19)15-5-4-12-17(15)10-2-1-3-11-17/h2,6-10H,1,3-5,11-12H2/b16-15-. The van der Waals surface area contributed by atoms with Gasteiger partial charge in [-0.2, -0.15) is 0 Å². The van der Waals surface area contributed by atoms with Crippen molar-refractivity contribution in [2.24, 2.45) is 5.41 Å². The average molecular weight is 321 g/mol. The number of rotatable bonds is 1. The highest BCUT2D eigenvalue weighted by Gasteiger charge is 2.39. The minimum absolute atomic E-state index is 0.0107. The first-order valence-electron chi connectivity index (χ1n) is 7.04. The quantitative estimate of drug-likeness (QED) is 0.553. The first kappa shape index (κ1) is 13.1. The lowest BCUT2D eigenvalue weighted by Gasteiger charge is -2.31. The minimum atomic E-state index is 0.0107. The van der Waals surface area contributed by atoms with E-state index in [9.17, 15) is 4.39 Å². The summed E-state index contributed by atoms with van der Waals surface area (Å²) < 4.78 is 15.8. The predicted octanol–water partition coefficient (Wildman–Crippen LogP) is 6.04. The maximum Gasteiger partial charge on any atom is 0.130 e. The van der Waals surface area contributed by atoms with Gasteiger partial charge in [-0.15, -0.1) is 0 Å². The van der Waals surface area contributed by atoms with Crippen LogP contribution in [0.2, 0.25) is 0 Å². The number of hydrogen-bond acceptors (Lipinski definition) is 0. The highest BCUT2D eigenvalue weighted by atomic mass is 79.9. The molecule has 0 aliphatic heterocycles. The second-order valence-corrected chi connectivity index (χ2v) is 6.52. The maximum atomic E-state index is 14.8. The van der Waals surface area contributed by atoms with Gasteiger partial charge in [0.25, 0.3) is 0 Å². The van der Waals surface area contributed by atoms with Gasteiger partial charge in [-0.1, -0.05) is 40.2 Å². The van der Waals surface area contributed by atoms with Crippen molar-refractivity contribution in [1.82, 2.24) is 0 Å². The zero-order chi connectivity index (χ0) is 13.3. The van der Waals surface area contributed by atoms with Crippen molar-refractivity contribution in [3.05, 3.63) is 52.0 Å². The molecule has 1 aromatic rings. The Morgan fingerprint density at radius 1 is 1.11 bits per heavy atom. The van der Waals surface area contributed by atoms with Gasteiger partial charge in [0, 0.05) is 15.5 Å². The van der Waals surface area contributed by atoms with E-state index in [0.717, 1.165) is 47.7 Å². The summed E-state index contributed by atoms with van der Waals surface area (Å²) in [7, 11) is 0. The van der Waals surface area contributed by atoms with Crippen LogP contribution in [0.15, 0.2) is 46.5 Å². The summed E-state index contributed by atoms with van der Waals surface area (Å²) in [6.45, 7) is 0. The average Bonchev–Trinajstić information content (AvgIpc) is 2.83. The van der Waals surface area contributed by atoms with E-state index in [1.165, 1.54) is 6.42 Å². The Kier molecular flexibility index (Phi) is 3.62. The molecular formula is C17H18BrF. The number of halogens is 2. The molecule has 1 fully saturated rings. The van der Waals surface area contributed by atoms with Gasteiger partial charge in [-0.25, -0.2) is 4.39 Å². The molecule has 1 saturated carbocycles. The molecule has 0 saturated heterocycles. The van der Waals surface area contributed by atoms with Gasteiger partial charge >= 0.3 is 0 Å². The monoisotopic (exact) mass is 320 g/mol. The van der Waals surface area contributed by atoms with Crippen molar-refractivity contribution in [3.8, 4) is 0 Å². The van der Waals surface area contributed by atoms with E-state index in [1.54, 1.807) is 0 Å². The Bertz CT molecular complexity index is 527. The highest BCUT2D eigenvalue weighted by molar-refractivity contribution is 9.10. The fourth-order valence-electron chi connectivity index (χ4n) is 3.47. The van der Waals surface area contributed by atoms with Crippen molar-refractivity contribution in [3.63, 3.8) is 0 Å². The molecule has 0 nitrogen and oxygen atoms in total. The van der Waals surface area contributed by atoms with Crippen molar-refractivity contribution in [1.29, 1.82) is 0 Å². The molecule has 2 heteroatoms. The number of allylic oxidation sites excluding steroid dienone is 3. The van der Waals surface area contributed by atoms with Gasteiger partial charge < -0.3 is 0 Å². The van der Waals surface area contributed by atoms with Crippen molar-refractivity contribution >= 4 is 21.8 Å². The van der Waals surface area contributed by atoms with Crippen LogP contribution in [-0.2, 0) is 0 Å². The van der Waals surface area contributed by atoms with Crippen LogP contribution in [0.4, 0.5) is 4.39 Å². The normalized spacial score (nSPS) is 28.9. The second-order valence-electron chi connectivity index (χ2n) is 5.60. The molecule has 1 spiro atoms. The summed E-state index contributed by atoms with van der Waals surface area (Å²) in [6.07, 6.45) is 11.1. The van der Waals surface area contributed by atoms with E-state index in [2.05, 4.69) is 28.1 Å². The number of benzene rings is 1.